The van der Waals surface area contributed by atoms with Gasteiger partial charge in [0.2, 0.25) is 0 Å². The van der Waals surface area contributed by atoms with Crippen LogP contribution in [0.4, 0.5) is 5.82 Å². The minimum absolute atomic E-state index is 0.0716. The zero-order chi connectivity index (χ0) is 17.6. The second kappa shape index (κ2) is 5.98. The fraction of sp³-hybridized carbons (Fsp3) is 0.444. The Morgan fingerprint density at radius 1 is 1.20 bits per heavy atom. The number of aromatic nitrogens is 3. The lowest BCUT2D eigenvalue weighted by Gasteiger charge is -2.44. The number of aryl methyl sites for hydroxylation is 1. The molecule has 1 aliphatic carbocycles. The molecular weight excluding hydrogens is 318 g/mol. The fourth-order valence-corrected chi connectivity index (χ4v) is 3.10. The minimum atomic E-state index is -0.267. The van der Waals surface area contributed by atoms with Gasteiger partial charge in [-0.1, -0.05) is 0 Å². The summed E-state index contributed by atoms with van der Waals surface area (Å²) in [6, 6.07) is 7.43. The van der Waals surface area contributed by atoms with Crippen molar-refractivity contribution in [3.05, 3.63) is 52.1 Å². The van der Waals surface area contributed by atoms with E-state index in [4.69, 9.17) is 0 Å². The molecule has 7 heteroatoms. The monoisotopic (exact) mass is 339 g/mol. The third-order valence-electron chi connectivity index (χ3n) is 5.07. The first-order chi connectivity index (χ1) is 12.0. The predicted octanol–water partition coefficient (Wildman–Crippen LogP) is 1.01. The van der Waals surface area contributed by atoms with Gasteiger partial charge in [-0.3, -0.25) is 9.59 Å². The Morgan fingerprint density at radius 3 is 2.60 bits per heavy atom. The Labute approximate surface area is 145 Å². The largest absolute Gasteiger partial charge is 0.351 e. The number of nitrogens with zero attached hydrogens (tertiary/aromatic N) is 5. The van der Waals surface area contributed by atoms with Crippen LogP contribution < -0.4 is 10.5 Å². The summed E-state index contributed by atoms with van der Waals surface area (Å²) in [5.74, 6) is 1.21. The summed E-state index contributed by atoms with van der Waals surface area (Å²) in [7, 11) is 3.40. The third kappa shape index (κ3) is 2.90. The van der Waals surface area contributed by atoms with Gasteiger partial charge in [0.1, 0.15) is 5.56 Å². The molecule has 0 atom stereocenters. The van der Waals surface area contributed by atoms with Crippen LogP contribution in [0.15, 0.2) is 35.3 Å². The van der Waals surface area contributed by atoms with Crippen LogP contribution in [-0.4, -0.2) is 51.8 Å². The van der Waals surface area contributed by atoms with Gasteiger partial charge in [0.25, 0.3) is 11.5 Å². The second-order valence-electron chi connectivity index (χ2n) is 6.90. The topological polar surface area (TPSA) is 71.3 Å². The normalized spacial score (nSPS) is 17.3. The van der Waals surface area contributed by atoms with E-state index in [0.717, 1.165) is 11.5 Å². The van der Waals surface area contributed by atoms with Crippen molar-refractivity contribution < 1.29 is 4.79 Å². The van der Waals surface area contributed by atoms with Crippen LogP contribution in [0.25, 0.3) is 0 Å². The molecule has 0 N–H and O–H groups in total. The quantitative estimate of drug-likeness (QED) is 0.831. The molecule has 4 rings (SSSR count). The van der Waals surface area contributed by atoms with Crippen molar-refractivity contribution in [1.82, 2.24) is 19.7 Å². The molecule has 1 aliphatic heterocycles. The average Bonchev–Trinajstić information content (AvgIpc) is 3.41. The van der Waals surface area contributed by atoms with Crippen molar-refractivity contribution >= 4 is 11.7 Å². The number of pyridine rings is 1. The number of hydrogen-bond donors (Lipinski definition) is 0. The van der Waals surface area contributed by atoms with Crippen LogP contribution >= 0.6 is 0 Å². The summed E-state index contributed by atoms with van der Waals surface area (Å²) in [4.78, 5) is 28.4. The summed E-state index contributed by atoms with van der Waals surface area (Å²) in [6.45, 7) is 1.40. The molecular formula is C18H21N5O2. The lowest BCUT2D eigenvalue weighted by Crippen LogP contribution is -2.60. The maximum absolute atomic E-state index is 12.6. The smallest absolute Gasteiger partial charge is 0.263 e. The molecule has 0 bridgehead atoms. The number of likely N-dealkylation sites (N-methyl/N-ethyl adjacent to an activating group) is 1. The molecule has 0 unspecified atom stereocenters. The van der Waals surface area contributed by atoms with E-state index < -0.39 is 0 Å². The van der Waals surface area contributed by atoms with Crippen LogP contribution in [-0.2, 0) is 7.05 Å². The van der Waals surface area contributed by atoms with Gasteiger partial charge in [0, 0.05) is 39.3 Å². The fourth-order valence-electron chi connectivity index (χ4n) is 3.10. The average molecular weight is 339 g/mol. The van der Waals surface area contributed by atoms with Gasteiger partial charge in [-0.2, -0.15) is 5.10 Å². The molecule has 130 valence electrons. The third-order valence-corrected chi connectivity index (χ3v) is 5.07. The van der Waals surface area contributed by atoms with Crippen LogP contribution in [0, 0.1) is 0 Å². The Kier molecular flexibility index (Phi) is 3.78. The van der Waals surface area contributed by atoms with Crippen molar-refractivity contribution in [2.24, 2.45) is 7.05 Å². The Hall–Kier alpha value is -2.70. The van der Waals surface area contributed by atoms with E-state index in [9.17, 15) is 9.59 Å². The summed E-state index contributed by atoms with van der Waals surface area (Å²) < 4.78 is 1.42. The standard InChI is InChI=1S/C18H21N5O2/c1-21-9-3-4-14(17(21)24)18(25)22(2)13-10-23(11-13)16-8-7-15(19-20-16)12-5-6-12/h3-4,7-9,12-13H,5-6,10-11H2,1-2H3. The first-order valence-corrected chi connectivity index (χ1v) is 8.56. The zero-order valence-corrected chi connectivity index (χ0v) is 14.4. The van der Waals surface area contributed by atoms with E-state index >= 15 is 0 Å². The number of anilines is 1. The lowest BCUT2D eigenvalue weighted by atomic mass is 10.1. The SMILES string of the molecule is CN(C(=O)c1cccn(C)c1=O)C1CN(c2ccc(C3CC3)nn2)C1. The first-order valence-electron chi connectivity index (χ1n) is 8.56. The highest BCUT2D eigenvalue weighted by Gasteiger charge is 2.34. The number of carbonyl (C=O) groups excluding carboxylic acids is 1. The molecule has 2 aliphatic rings. The van der Waals surface area contributed by atoms with Crippen molar-refractivity contribution in [2.75, 3.05) is 25.0 Å². The number of carbonyl (C=O) groups is 1. The van der Waals surface area contributed by atoms with Gasteiger partial charge in [-0.25, -0.2) is 0 Å². The molecule has 1 saturated carbocycles. The molecule has 2 fully saturated rings. The van der Waals surface area contributed by atoms with E-state index in [1.54, 1.807) is 37.3 Å². The summed E-state index contributed by atoms with van der Waals surface area (Å²) >= 11 is 0. The summed E-state index contributed by atoms with van der Waals surface area (Å²) in [5, 5.41) is 8.60. The lowest BCUT2D eigenvalue weighted by molar-refractivity contribution is 0.0702. The van der Waals surface area contributed by atoms with E-state index in [-0.39, 0.29) is 23.1 Å². The second-order valence-corrected chi connectivity index (χ2v) is 6.90. The van der Waals surface area contributed by atoms with Gasteiger partial charge in [0.05, 0.1) is 11.7 Å². The molecule has 0 radical (unpaired) electrons. The first kappa shape index (κ1) is 15.8. The van der Waals surface area contributed by atoms with Crippen LogP contribution in [0.1, 0.15) is 34.8 Å². The van der Waals surface area contributed by atoms with Crippen LogP contribution in [0.2, 0.25) is 0 Å². The number of rotatable bonds is 4. The van der Waals surface area contributed by atoms with Crippen molar-refractivity contribution in [1.29, 1.82) is 0 Å². The van der Waals surface area contributed by atoms with Crippen molar-refractivity contribution in [3.63, 3.8) is 0 Å². The molecule has 2 aromatic heterocycles. The highest BCUT2D eigenvalue weighted by molar-refractivity contribution is 5.94. The Bertz CT molecular complexity index is 851. The highest BCUT2D eigenvalue weighted by atomic mass is 16.2. The zero-order valence-electron chi connectivity index (χ0n) is 14.4. The maximum Gasteiger partial charge on any atom is 0.263 e. The van der Waals surface area contributed by atoms with Crippen LogP contribution in [0.5, 0.6) is 0 Å². The van der Waals surface area contributed by atoms with Gasteiger partial charge in [-0.05, 0) is 37.1 Å². The van der Waals surface area contributed by atoms with E-state index in [1.165, 1.54) is 17.4 Å². The number of amides is 1. The molecule has 25 heavy (non-hydrogen) atoms. The number of hydrogen-bond acceptors (Lipinski definition) is 5. The van der Waals surface area contributed by atoms with E-state index in [1.807, 2.05) is 6.07 Å². The summed E-state index contributed by atoms with van der Waals surface area (Å²) in [6.07, 6.45) is 4.07. The predicted molar refractivity (Wildman–Crippen MR) is 93.8 cm³/mol. The highest BCUT2D eigenvalue weighted by Crippen LogP contribution is 2.38. The molecule has 2 aromatic rings. The van der Waals surface area contributed by atoms with Gasteiger partial charge in [0.15, 0.2) is 5.82 Å². The molecule has 1 saturated heterocycles. The Morgan fingerprint density at radius 2 is 1.96 bits per heavy atom. The molecule has 7 nitrogen and oxygen atoms in total. The van der Waals surface area contributed by atoms with Gasteiger partial charge in [-0.15, -0.1) is 5.10 Å². The molecule has 3 heterocycles. The molecule has 0 aromatic carbocycles. The summed E-state index contributed by atoms with van der Waals surface area (Å²) in [5.41, 5.74) is 1.02. The van der Waals surface area contributed by atoms with Crippen molar-refractivity contribution in [2.45, 2.75) is 24.8 Å². The molecule has 0 spiro atoms. The van der Waals surface area contributed by atoms with Crippen LogP contribution in [0.3, 0.4) is 0 Å². The van der Waals surface area contributed by atoms with Gasteiger partial charge < -0.3 is 14.4 Å². The Balaban J connectivity index is 1.40. The maximum atomic E-state index is 12.6. The van der Waals surface area contributed by atoms with Gasteiger partial charge >= 0.3 is 0 Å². The van der Waals surface area contributed by atoms with E-state index in [0.29, 0.717) is 19.0 Å². The minimum Gasteiger partial charge on any atom is -0.351 e. The molecule has 1 amide bonds. The van der Waals surface area contributed by atoms with Crippen molar-refractivity contribution in [3.8, 4) is 0 Å². The van der Waals surface area contributed by atoms with E-state index in [2.05, 4.69) is 21.2 Å².